The monoisotopic (exact) mass is 306 g/mol. The highest BCUT2D eigenvalue weighted by Crippen LogP contribution is 2.36. The Morgan fingerprint density at radius 1 is 1.33 bits per heavy atom. The first-order valence-electron chi connectivity index (χ1n) is 8.31. The molecule has 3 rings (SSSR count). The summed E-state index contributed by atoms with van der Waals surface area (Å²) >= 11 is 1.71. The lowest BCUT2D eigenvalue weighted by atomic mass is 9.82. The minimum Gasteiger partial charge on any atom is -0.319 e. The molecule has 4 heteroatoms. The summed E-state index contributed by atoms with van der Waals surface area (Å²) in [7, 11) is 0. The second kappa shape index (κ2) is 6.49. The van der Waals surface area contributed by atoms with Gasteiger partial charge in [-0.15, -0.1) is 0 Å². The van der Waals surface area contributed by atoms with E-state index in [1.165, 1.54) is 44.1 Å². The molecular formula is C17H26N2OS. The van der Waals surface area contributed by atoms with Crippen LogP contribution in [0.4, 0.5) is 0 Å². The molecule has 2 aliphatic rings. The number of rotatable bonds is 4. The van der Waals surface area contributed by atoms with Crippen LogP contribution in [-0.4, -0.2) is 22.9 Å². The van der Waals surface area contributed by atoms with Crippen LogP contribution in [0.5, 0.6) is 0 Å². The summed E-state index contributed by atoms with van der Waals surface area (Å²) in [6, 6.07) is 2.51. The molecule has 2 atom stereocenters. The van der Waals surface area contributed by atoms with Crippen LogP contribution >= 0.6 is 11.3 Å². The van der Waals surface area contributed by atoms with Gasteiger partial charge in [0.15, 0.2) is 0 Å². The molecule has 1 aliphatic heterocycles. The molecule has 2 unspecified atom stereocenters. The van der Waals surface area contributed by atoms with Crippen molar-refractivity contribution in [2.45, 2.75) is 70.6 Å². The van der Waals surface area contributed by atoms with Gasteiger partial charge < -0.3 is 4.90 Å². The van der Waals surface area contributed by atoms with Gasteiger partial charge in [-0.3, -0.25) is 10.1 Å². The Hall–Kier alpha value is -0.870. The summed E-state index contributed by atoms with van der Waals surface area (Å²) in [5.74, 6) is 1.17. The van der Waals surface area contributed by atoms with E-state index in [4.69, 9.17) is 0 Å². The van der Waals surface area contributed by atoms with Gasteiger partial charge in [0.2, 0.25) is 5.91 Å². The Balaban J connectivity index is 1.71. The van der Waals surface area contributed by atoms with Crippen molar-refractivity contribution in [3.05, 3.63) is 22.4 Å². The highest BCUT2D eigenvalue weighted by atomic mass is 32.1. The molecule has 2 fully saturated rings. The van der Waals surface area contributed by atoms with Gasteiger partial charge in [-0.2, -0.15) is 11.3 Å². The Morgan fingerprint density at radius 3 is 2.71 bits per heavy atom. The average Bonchev–Trinajstić information content (AvgIpc) is 3.10. The van der Waals surface area contributed by atoms with Crippen molar-refractivity contribution in [1.82, 2.24) is 10.2 Å². The molecule has 0 bridgehead atoms. The second-order valence-corrected chi connectivity index (χ2v) is 7.34. The maximum absolute atomic E-state index is 12.6. The Morgan fingerprint density at radius 2 is 2.10 bits per heavy atom. The lowest BCUT2D eigenvalue weighted by Crippen LogP contribution is -2.42. The summed E-state index contributed by atoms with van der Waals surface area (Å²) in [6.07, 6.45) is 7.64. The first-order valence-corrected chi connectivity index (χ1v) is 9.25. The number of carbonyl (C=O) groups is 1. The maximum Gasteiger partial charge on any atom is 0.241 e. The minimum absolute atomic E-state index is 0.0525. The summed E-state index contributed by atoms with van der Waals surface area (Å²) in [5, 5.41) is 7.74. The zero-order chi connectivity index (χ0) is 14.8. The zero-order valence-electron chi connectivity index (χ0n) is 13.0. The van der Waals surface area contributed by atoms with Crippen LogP contribution < -0.4 is 5.32 Å². The van der Waals surface area contributed by atoms with Gasteiger partial charge >= 0.3 is 0 Å². The molecule has 0 aromatic carbocycles. The van der Waals surface area contributed by atoms with Gasteiger partial charge in [0.05, 0.1) is 6.04 Å². The Labute approximate surface area is 131 Å². The fourth-order valence-electron chi connectivity index (χ4n) is 3.94. The fraction of sp³-hybridized carbons (Fsp3) is 0.706. The number of thiophene rings is 1. The molecule has 1 aromatic heterocycles. The third-order valence-electron chi connectivity index (χ3n) is 5.08. The number of hydrogen-bond donors (Lipinski definition) is 1. The molecule has 1 saturated carbocycles. The topological polar surface area (TPSA) is 32.3 Å². The predicted molar refractivity (Wildman–Crippen MR) is 87.2 cm³/mol. The van der Waals surface area contributed by atoms with Crippen LogP contribution in [0.15, 0.2) is 16.8 Å². The van der Waals surface area contributed by atoms with Gasteiger partial charge in [-0.25, -0.2) is 0 Å². The molecule has 21 heavy (non-hydrogen) atoms. The molecule has 1 N–H and O–H groups in total. The highest BCUT2D eigenvalue weighted by molar-refractivity contribution is 7.07. The van der Waals surface area contributed by atoms with E-state index in [1.54, 1.807) is 11.3 Å². The van der Waals surface area contributed by atoms with Gasteiger partial charge in [0.1, 0.15) is 6.17 Å². The van der Waals surface area contributed by atoms with E-state index in [2.05, 4.69) is 34.0 Å². The number of hydrogen-bond acceptors (Lipinski definition) is 3. The Bertz CT molecular complexity index is 465. The minimum atomic E-state index is -0.0525. The number of carbonyl (C=O) groups excluding carboxylic acids is 1. The molecular weight excluding hydrogens is 280 g/mol. The van der Waals surface area contributed by atoms with E-state index in [-0.39, 0.29) is 18.1 Å². The quantitative estimate of drug-likeness (QED) is 0.914. The summed E-state index contributed by atoms with van der Waals surface area (Å²) < 4.78 is 0. The van der Waals surface area contributed by atoms with Crippen molar-refractivity contribution in [2.75, 3.05) is 0 Å². The molecule has 2 heterocycles. The van der Waals surface area contributed by atoms with Crippen LogP contribution in [0.1, 0.15) is 64.1 Å². The predicted octanol–water partition coefficient (Wildman–Crippen LogP) is 3.93. The lowest BCUT2D eigenvalue weighted by molar-refractivity contribution is -0.133. The van der Waals surface area contributed by atoms with Crippen molar-refractivity contribution < 1.29 is 4.79 Å². The standard InChI is InChI=1S/C17H26N2OS/c1-3-4-13-5-7-15(8-6-13)19-16(14-9-10-21-11-14)18-12(2)17(19)20/h9-13,15-16,18H,3-8H2,1-2H3. The van der Waals surface area contributed by atoms with Crippen LogP contribution in [0.25, 0.3) is 0 Å². The van der Waals surface area contributed by atoms with Crippen LogP contribution in [-0.2, 0) is 4.79 Å². The summed E-state index contributed by atoms with van der Waals surface area (Å²) in [4.78, 5) is 14.7. The third-order valence-corrected chi connectivity index (χ3v) is 5.78. The average molecular weight is 306 g/mol. The van der Waals surface area contributed by atoms with E-state index in [0.717, 1.165) is 5.92 Å². The SMILES string of the molecule is CCCC1CCC(N2C(=O)C(C)NC2c2ccsc2)CC1. The van der Waals surface area contributed by atoms with Crippen LogP contribution in [0.2, 0.25) is 0 Å². The molecule has 0 spiro atoms. The molecule has 1 aliphatic carbocycles. The largest absolute Gasteiger partial charge is 0.319 e. The lowest BCUT2D eigenvalue weighted by Gasteiger charge is -2.37. The maximum atomic E-state index is 12.6. The molecule has 116 valence electrons. The first-order chi connectivity index (χ1) is 10.2. The molecule has 0 radical (unpaired) electrons. The van der Waals surface area contributed by atoms with Crippen LogP contribution in [0, 0.1) is 5.92 Å². The van der Waals surface area contributed by atoms with Crippen molar-refractivity contribution in [3.63, 3.8) is 0 Å². The van der Waals surface area contributed by atoms with Crippen LogP contribution in [0.3, 0.4) is 0 Å². The van der Waals surface area contributed by atoms with Gasteiger partial charge in [0.25, 0.3) is 0 Å². The number of amides is 1. The Kier molecular flexibility index (Phi) is 4.65. The summed E-state index contributed by atoms with van der Waals surface area (Å²) in [6.45, 7) is 4.26. The second-order valence-electron chi connectivity index (χ2n) is 6.56. The summed E-state index contributed by atoms with van der Waals surface area (Å²) in [5.41, 5.74) is 1.24. The van der Waals surface area contributed by atoms with Gasteiger partial charge in [-0.1, -0.05) is 19.8 Å². The van der Waals surface area contributed by atoms with Crippen molar-refractivity contribution in [1.29, 1.82) is 0 Å². The highest BCUT2D eigenvalue weighted by Gasteiger charge is 2.42. The van der Waals surface area contributed by atoms with E-state index in [9.17, 15) is 4.79 Å². The van der Waals surface area contributed by atoms with E-state index < -0.39 is 0 Å². The smallest absolute Gasteiger partial charge is 0.241 e. The normalized spacial score (nSPS) is 33.6. The van der Waals surface area contributed by atoms with E-state index in [0.29, 0.717) is 6.04 Å². The van der Waals surface area contributed by atoms with Crippen molar-refractivity contribution >= 4 is 17.2 Å². The molecule has 1 aromatic rings. The number of nitrogens with zero attached hydrogens (tertiary/aromatic N) is 1. The van der Waals surface area contributed by atoms with E-state index in [1.807, 2.05) is 6.92 Å². The van der Waals surface area contributed by atoms with Gasteiger partial charge in [-0.05, 0) is 60.9 Å². The zero-order valence-corrected chi connectivity index (χ0v) is 13.9. The molecule has 1 saturated heterocycles. The fourth-order valence-corrected chi connectivity index (χ4v) is 4.62. The third kappa shape index (κ3) is 3.02. The van der Waals surface area contributed by atoms with Gasteiger partial charge in [0, 0.05) is 6.04 Å². The molecule has 3 nitrogen and oxygen atoms in total. The molecule has 1 amide bonds. The first kappa shape index (κ1) is 15.0. The van der Waals surface area contributed by atoms with E-state index >= 15 is 0 Å². The van der Waals surface area contributed by atoms with Crippen molar-refractivity contribution in [2.24, 2.45) is 5.92 Å². The van der Waals surface area contributed by atoms with Crippen molar-refractivity contribution in [3.8, 4) is 0 Å². The number of nitrogens with one attached hydrogen (secondary N) is 1.